The average molecular weight is 956 g/mol. The Kier molecular flexibility index (Phi) is 41.6. The second-order valence-electron chi connectivity index (χ2n) is 18.4. The van der Waals surface area contributed by atoms with E-state index in [1.807, 2.05) is 66.8 Å². The summed E-state index contributed by atoms with van der Waals surface area (Å²) in [7, 11) is 0. The van der Waals surface area contributed by atoms with Crippen LogP contribution >= 0.6 is 0 Å². The van der Waals surface area contributed by atoms with Crippen LogP contribution < -0.4 is 5.32 Å². The van der Waals surface area contributed by atoms with E-state index in [1.54, 1.807) is 6.08 Å². The predicted molar refractivity (Wildman–Crippen MR) is 278 cm³/mol. The standard InChI is InChI=1S/C57H97NO10/c1-4-7-10-13-16-19-22-24-25-26-27-28-30-33-36-39-42-45-52(62)68-55-54(64)53(63)51(46-59)67-57(55)66-47-48(49(60)43-40-37-34-32-29-23-20-17-14-11-8-5-2)58-56(65)50(61)44-41-38-35-31-21-18-15-12-9-6-3/h7,10,13,16,19,22,24-28,30,40,43,48-51,53-55,57,59-61,63-64H,4-6,8-9,11-12,14-15,17-18,20-21,23,29,31-39,41-42,44-47H2,1-3H3,(H,58,65)/b10-7-,16-13+,22-19+,25-24-,27-26+,30-28+,43-40+. The maximum Gasteiger partial charge on any atom is 0.306 e. The zero-order chi connectivity index (χ0) is 49.7. The molecule has 11 nitrogen and oxygen atoms in total. The van der Waals surface area contributed by atoms with E-state index >= 15 is 0 Å². The first kappa shape index (κ1) is 62.9. The zero-order valence-electron chi connectivity index (χ0n) is 42.7. The molecule has 0 bridgehead atoms. The number of aliphatic hydroxyl groups excluding tert-OH is 5. The van der Waals surface area contributed by atoms with Crippen molar-refractivity contribution in [3.63, 3.8) is 0 Å². The average Bonchev–Trinajstić information content (AvgIpc) is 3.33. The molecule has 0 radical (unpaired) electrons. The smallest absolute Gasteiger partial charge is 0.306 e. The number of hydrogen-bond acceptors (Lipinski definition) is 10. The van der Waals surface area contributed by atoms with Gasteiger partial charge < -0.3 is 45.1 Å². The van der Waals surface area contributed by atoms with Crippen molar-refractivity contribution in [1.29, 1.82) is 0 Å². The number of rotatable bonds is 43. The number of allylic oxidation sites excluding steroid dienone is 13. The molecule has 0 aromatic carbocycles. The fraction of sp³-hybridized carbons (Fsp3) is 0.719. The number of amides is 1. The number of carbonyl (C=O) groups excluding carboxylic acids is 2. The Morgan fingerprint density at radius 2 is 1.06 bits per heavy atom. The van der Waals surface area contributed by atoms with Crippen molar-refractivity contribution in [3.05, 3.63) is 85.1 Å². The van der Waals surface area contributed by atoms with Crippen LogP contribution in [-0.4, -0.2) is 99.6 Å². The fourth-order valence-electron chi connectivity index (χ4n) is 7.92. The van der Waals surface area contributed by atoms with Crippen molar-refractivity contribution in [2.24, 2.45) is 0 Å². The fourth-order valence-corrected chi connectivity index (χ4v) is 7.92. The first-order chi connectivity index (χ1) is 33.2. The summed E-state index contributed by atoms with van der Waals surface area (Å²) < 4.78 is 17.5. The summed E-state index contributed by atoms with van der Waals surface area (Å²) in [6.07, 6.45) is 46.3. The number of aliphatic hydroxyl groups is 5. The molecule has 0 spiro atoms. The molecule has 1 aliphatic heterocycles. The first-order valence-corrected chi connectivity index (χ1v) is 26.9. The van der Waals surface area contributed by atoms with Gasteiger partial charge in [0.25, 0.3) is 0 Å². The minimum absolute atomic E-state index is 0.0691. The van der Waals surface area contributed by atoms with E-state index in [1.165, 1.54) is 89.9 Å². The summed E-state index contributed by atoms with van der Waals surface area (Å²) in [5.74, 6) is -1.25. The Hall–Kier alpha value is -3.16. The Bertz CT molecular complexity index is 1420. The second-order valence-corrected chi connectivity index (χ2v) is 18.4. The molecule has 8 unspecified atom stereocenters. The van der Waals surface area contributed by atoms with Gasteiger partial charge in [0, 0.05) is 6.42 Å². The molecule has 0 aliphatic carbocycles. The topological polar surface area (TPSA) is 175 Å². The third kappa shape index (κ3) is 33.4. The van der Waals surface area contributed by atoms with E-state index < -0.39 is 67.4 Å². The third-order valence-electron chi connectivity index (χ3n) is 12.2. The molecule has 8 atom stereocenters. The summed E-state index contributed by atoms with van der Waals surface area (Å²) >= 11 is 0. The Morgan fingerprint density at radius 3 is 1.59 bits per heavy atom. The summed E-state index contributed by atoms with van der Waals surface area (Å²) in [4.78, 5) is 26.3. The Labute approximate surface area is 413 Å². The highest BCUT2D eigenvalue weighted by molar-refractivity contribution is 5.80. The van der Waals surface area contributed by atoms with Gasteiger partial charge in [0.05, 0.1) is 25.4 Å². The molecular weight excluding hydrogens is 859 g/mol. The normalized spacial score (nSPS) is 20.6. The van der Waals surface area contributed by atoms with Crippen LogP contribution in [0.5, 0.6) is 0 Å². The molecule has 6 N–H and O–H groups in total. The van der Waals surface area contributed by atoms with Gasteiger partial charge in [-0.15, -0.1) is 0 Å². The van der Waals surface area contributed by atoms with Gasteiger partial charge in [-0.05, 0) is 44.9 Å². The van der Waals surface area contributed by atoms with E-state index in [9.17, 15) is 35.1 Å². The highest BCUT2D eigenvalue weighted by Crippen LogP contribution is 2.26. The number of esters is 1. The van der Waals surface area contributed by atoms with Gasteiger partial charge in [0.1, 0.15) is 24.4 Å². The maximum atomic E-state index is 13.3. The van der Waals surface area contributed by atoms with E-state index in [0.717, 1.165) is 64.2 Å². The van der Waals surface area contributed by atoms with Crippen LogP contribution in [0.4, 0.5) is 0 Å². The minimum atomic E-state index is -1.63. The maximum absolute atomic E-state index is 13.3. The quantitative estimate of drug-likeness (QED) is 0.0149. The summed E-state index contributed by atoms with van der Waals surface area (Å²) in [6.45, 7) is 5.57. The van der Waals surface area contributed by atoms with E-state index in [2.05, 4.69) is 38.2 Å². The molecule has 0 aromatic rings. The van der Waals surface area contributed by atoms with Crippen LogP contribution in [0, 0.1) is 0 Å². The second kappa shape index (κ2) is 45.0. The van der Waals surface area contributed by atoms with Crippen molar-refractivity contribution >= 4 is 11.9 Å². The number of nitrogens with one attached hydrogen (secondary N) is 1. The van der Waals surface area contributed by atoms with Crippen molar-refractivity contribution in [1.82, 2.24) is 5.32 Å². The SMILES string of the molecule is CC\C=C/C=C/C=C/C=C\C=C\C=C\CCCCCC(=O)OC1C(OCC(NC(=O)C(O)CCCCCCCCCCCC)C(O)/C=C/CCCCCCCCCCCC)OC(CO)C(O)C1O. The lowest BCUT2D eigenvalue weighted by Crippen LogP contribution is -2.61. The highest BCUT2D eigenvalue weighted by Gasteiger charge is 2.47. The molecule has 1 fully saturated rings. The molecule has 0 aromatic heterocycles. The molecule has 1 aliphatic rings. The van der Waals surface area contributed by atoms with Gasteiger partial charge in [-0.1, -0.05) is 234 Å². The van der Waals surface area contributed by atoms with Gasteiger partial charge >= 0.3 is 5.97 Å². The van der Waals surface area contributed by atoms with Crippen LogP contribution in [-0.2, 0) is 23.8 Å². The lowest BCUT2D eigenvalue weighted by molar-refractivity contribution is -0.305. The van der Waals surface area contributed by atoms with Crippen LogP contribution in [0.25, 0.3) is 0 Å². The third-order valence-corrected chi connectivity index (χ3v) is 12.2. The largest absolute Gasteiger partial charge is 0.454 e. The molecule has 390 valence electrons. The van der Waals surface area contributed by atoms with Gasteiger partial charge in [-0.25, -0.2) is 0 Å². The molecule has 1 heterocycles. The number of ether oxygens (including phenoxy) is 3. The predicted octanol–water partition coefficient (Wildman–Crippen LogP) is 11.4. The van der Waals surface area contributed by atoms with Crippen molar-refractivity contribution in [2.45, 2.75) is 250 Å². The molecule has 11 heteroatoms. The van der Waals surface area contributed by atoms with Gasteiger partial charge in [-0.2, -0.15) is 0 Å². The minimum Gasteiger partial charge on any atom is -0.454 e. The van der Waals surface area contributed by atoms with E-state index in [-0.39, 0.29) is 19.4 Å². The lowest BCUT2D eigenvalue weighted by Gasteiger charge is -2.41. The number of unbranched alkanes of at least 4 members (excludes halogenated alkanes) is 22. The van der Waals surface area contributed by atoms with Crippen LogP contribution in [0.2, 0.25) is 0 Å². The van der Waals surface area contributed by atoms with Gasteiger partial charge in [0.15, 0.2) is 12.4 Å². The van der Waals surface area contributed by atoms with Gasteiger partial charge in [0.2, 0.25) is 5.91 Å². The molecule has 1 saturated heterocycles. The number of carbonyl (C=O) groups is 2. The van der Waals surface area contributed by atoms with E-state index in [4.69, 9.17) is 14.2 Å². The number of hydrogen-bond donors (Lipinski definition) is 6. The lowest BCUT2D eigenvalue weighted by atomic mass is 9.99. The molecule has 1 rings (SSSR count). The zero-order valence-corrected chi connectivity index (χ0v) is 42.7. The van der Waals surface area contributed by atoms with Crippen LogP contribution in [0.3, 0.4) is 0 Å². The first-order valence-electron chi connectivity index (χ1n) is 26.9. The molecule has 68 heavy (non-hydrogen) atoms. The Morgan fingerprint density at radius 1 is 0.588 bits per heavy atom. The van der Waals surface area contributed by atoms with Crippen LogP contribution in [0.15, 0.2) is 85.1 Å². The van der Waals surface area contributed by atoms with Gasteiger partial charge in [-0.3, -0.25) is 9.59 Å². The van der Waals surface area contributed by atoms with Crippen molar-refractivity contribution in [2.75, 3.05) is 13.2 Å². The van der Waals surface area contributed by atoms with Crippen molar-refractivity contribution in [3.8, 4) is 0 Å². The molecule has 0 saturated carbocycles. The monoisotopic (exact) mass is 956 g/mol. The van der Waals surface area contributed by atoms with Crippen molar-refractivity contribution < 1.29 is 49.3 Å². The molecular formula is C57H97NO10. The molecule has 1 amide bonds. The van der Waals surface area contributed by atoms with Crippen LogP contribution in [0.1, 0.15) is 201 Å². The summed E-state index contributed by atoms with van der Waals surface area (Å²) in [5.41, 5.74) is 0. The Balaban J connectivity index is 2.79. The highest BCUT2D eigenvalue weighted by atomic mass is 16.7. The van der Waals surface area contributed by atoms with E-state index in [0.29, 0.717) is 12.8 Å². The summed E-state index contributed by atoms with van der Waals surface area (Å²) in [5, 5.41) is 56.6. The summed E-state index contributed by atoms with van der Waals surface area (Å²) in [6, 6.07) is -1.03.